The number of nitrogens with one attached hydrogen (secondary N) is 1. The lowest BCUT2D eigenvalue weighted by molar-refractivity contribution is -0.133. The first-order chi connectivity index (χ1) is 6.93. The molecule has 0 aromatic rings. The molecule has 1 saturated heterocycles. The van der Waals surface area contributed by atoms with Crippen LogP contribution in [-0.4, -0.2) is 41.4 Å². The number of sulfonamides is 1. The lowest BCUT2D eigenvalue weighted by Gasteiger charge is -2.31. The molecule has 1 unspecified atom stereocenters. The minimum Gasteiger partial charge on any atom is -0.493 e. The van der Waals surface area contributed by atoms with E-state index < -0.39 is 32.9 Å². The number of carbonyl (C=O) groups is 1. The van der Waals surface area contributed by atoms with Crippen LogP contribution in [0.4, 0.5) is 0 Å². The second-order valence-corrected chi connectivity index (χ2v) is 5.28. The highest BCUT2D eigenvalue weighted by Gasteiger charge is 2.44. The second-order valence-electron chi connectivity index (χ2n) is 3.44. The Bertz CT molecular complexity index is 440. The number of aliphatic hydroxyl groups excluding tert-OH is 1. The molecule has 0 amide bonds. The van der Waals surface area contributed by atoms with E-state index in [1.165, 1.54) is 4.90 Å². The van der Waals surface area contributed by atoms with Crippen molar-refractivity contribution >= 4 is 16.0 Å². The van der Waals surface area contributed by atoms with Gasteiger partial charge in [-0.05, 0) is 12.8 Å². The number of rotatable bonds is 1. The van der Waals surface area contributed by atoms with Crippen molar-refractivity contribution in [3.05, 3.63) is 11.6 Å². The molecule has 0 aromatic carbocycles. The maximum absolute atomic E-state index is 11.6. The predicted molar refractivity (Wildman–Crippen MR) is 49.1 cm³/mol. The molecule has 0 spiro atoms. The lowest BCUT2D eigenvalue weighted by Crippen LogP contribution is -2.49. The van der Waals surface area contributed by atoms with Crippen LogP contribution in [0, 0.1) is 0 Å². The Balaban J connectivity index is 2.51. The van der Waals surface area contributed by atoms with Crippen LogP contribution in [0.5, 0.6) is 0 Å². The largest absolute Gasteiger partial charge is 0.493 e. The summed E-state index contributed by atoms with van der Waals surface area (Å²) >= 11 is 0. The number of hydrogen-bond donors (Lipinski definition) is 3. The average molecular weight is 234 g/mol. The maximum Gasteiger partial charge on any atom is 0.358 e. The number of aliphatic hydroxyl groups is 1. The molecule has 2 aliphatic rings. The molecule has 0 aromatic heterocycles. The third-order valence-corrected chi connectivity index (χ3v) is 4.20. The van der Waals surface area contributed by atoms with Crippen molar-refractivity contribution in [3.63, 3.8) is 0 Å². The molecule has 84 valence electrons. The Morgan fingerprint density at radius 1 is 1.53 bits per heavy atom. The first-order valence-corrected chi connectivity index (χ1v) is 5.93. The summed E-state index contributed by atoms with van der Waals surface area (Å²) in [5, 5.41) is 17.4. The molecule has 0 bridgehead atoms. The number of nitrogens with zero attached hydrogens (tertiary/aromatic N) is 1. The van der Waals surface area contributed by atoms with Gasteiger partial charge in [-0.25, -0.2) is 13.2 Å². The van der Waals surface area contributed by atoms with Crippen LogP contribution in [0.1, 0.15) is 12.8 Å². The van der Waals surface area contributed by atoms with Crippen LogP contribution in [0.3, 0.4) is 0 Å². The normalized spacial score (nSPS) is 28.5. The molecule has 1 atom stereocenters. The highest BCUT2D eigenvalue weighted by atomic mass is 32.2. The van der Waals surface area contributed by atoms with Gasteiger partial charge in [0.15, 0.2) is 11.1 Å². The topological polar surface area (TPSA) is 107 Å². The SMILES string of the molecule is O=C(O)C1=C(O)N2CCCC2S(=O)(=O)N1. The third kappa shape index (κ3) is 1.41. The molecule has 2 rings (SSSR count). The predicted octanol–water partition coefficient (Wildman–Crippen LogP) is -0.847. The van der Waals surface area contributed by atoms with Gasteiger partial charge in [-0.1, -0.05) is 0 Å². The number of aliphatic carboxylic acids is 1. The number of carboxylic acids is 1. The summed E-state index contributed by atoms with van der Waals surface area (Å²) in [6.45, 7) is 0.355. The van der Waals surface area contributed by atoms with Crippen LogP contribution in [0.2, 0.25) is 0 Å². The van der Waals surface area contributed by atoms with Gasteiger partial charge in [0.1, 0.15) is 0 Å². The fourth-order valence-corrected chi connectivity index (χ4v) is 3.46. The van der Waals surface area contributed by atoms with E-state index in [4.69, 9.17) is 5.11 Å². The number of carboxylic acid groups (broad SMARTS) is 1. The van der Waals surface area contributed by atoms with E-state index >= 15 is 0 Å². The Labute approximate surface area is 86.0 Å². The molecule has 7 nitrogen and oxygen atoms in total. The molecule has 0 radical (unpaired) electrons. The summed E-state index contributed by atoms with van der Waals surface area (Å²) in [7, 11) is -3.71. The summed E-state index contributed by atoms with van der Waals surface area (Å²) in [6, 6.07) is 0. The van der Waals surface area contributed by atoms with Crippen molar-refractivity contribution in [1.82, 2.24) is 9.62 Å². The van der Waals surface area contributed by atoms with Crippen molar-refractivity contribution < 1.29 is 23.4 Å². The van der Waals surface area contributed by atoms with Gasteiger partial charge in [-0.15, -0.1) is 0 Å². The molecule has 0 saturated carbocycles. The van der Waals surface area contributed by atoms with E-state index in [9.17, 15) is 18.3 Å². The van der Waals surface area contributed by atoms with Gasteiger partial charge in [0, 0.05) is 6.54 Å². The quantitative estimate of drug-likeness (QED) is 0.545. The van der Waals surface area contributed by atoms with Crippen LogP contribution in [0.25, 0.3) is 0 Å². The summed E-state index contributed by atoms with van der Waals surface area (Å²) in [6.07, 6.45) is 1.01. The molecular formula is C7H10N2O5S. The fourth-order valence-electron chi connectivity index (χ4n) is 1.84. The molecule has 8 heteroatoms. The standard InChI is InChI=1S/C7H10N2O5S/c10-6-5(7(11)12)8-15(13,14)4-2-1-3-9(4)6/h4,8,10H,1-3H2,(H,11,12). The van der Waals surface area contributed by atoms with E-state index in [1.54, 1.807) is 0 Å². The molecule has 0 aliphatic carbocycles. The van der Waals surface area contributed by atoms with Crippen molar-refractivity contribution in [2.75, 3.05) is 6.54 Å². The molecule has 3 N–H and O–H groups in total. The van der Waals surface area contributed by atoms with Gasteiger partial charge >= 0.3 is 5.97 Å². The summed E-state index contributed by atoms with van der Waals surface area (Å²) in [4.78, 5) is 11.9. The van der Waals surface area contributed by atoms with Crippen molar-refractivity contribution in [1.29, 1.82) is 0 Å². The first-order valence-electron chi connectivity index (χ1n) is 4.38. The molecule has 2 aliphatic heterocycles. The highest BCUT2D eigenvalue weighted by molar-refractivity contribution is 7.90. The Hall–Kier alpha value is -1.44. The maximum atomic E-state index is 11.6. The molecule has 2 heterocycles. The zero-order valence-electron chi connectivity index (χ0n) is 7.67. The monoisotopic (exact) mass is 234 g/mol. The van der Waals surface area contributed by atoms with Gasteiger partial charge in [0.05, 0.1) is 0 Å². The van der Waals surface area contributed by atoms with E-state index in [0.717, 1.165) is 0 Å². The van der Waals surface area contributed by atoms with Crippen molar-refractivity contribution in [3.8, 4) is 0 Å². The Morgan fingerprint density at radius 3 is 2.80 bits per heavy atom. The summed E-state index contributed by atoms with van der Waals surface area (Å²) in [5.74, 6) is -1.98. The van der Waals surface area contributed by atoms with Crippen LogP contribution in [0.15, 0.2) is 11.6 Å². The Morgan fingerprint density at radius 2 is 2.20 bits per heavy atom. The average Bonchev–Trinajstić information content (AvgIpc) is 2.60. The molecule has 15 heavy (non-hydrogen) atoms. The lowest BCUT2D eigenvalue weighted by atomic mass is 10.4. The van der Waals surface area contributed by atoms with Gasteiger partial charge in [-0.2, -0.15) is 0 Å². The molecular weight excluding hydrogens is 224 g/mol. The van der Waals surface area contributed by atoms with E-state index in [2.05, 4.69) is 0 Å². The van der Waals surface area contributed by atoms with Crippen LogP contribution >= 0.6 is 0 Å². The smallest absolute Gasteiger partial charge is 0.358 e. The fraction of sp³-hybridized carbons (Fsp3) is 0.571. The zero-order valence-corrected chi connectivity index (χ0v) is 8.49. The third-order valence-electron chi connectivity index (χ3n) is 2.51. The van der Waals surface area contributed by atoms with Crippen LogP contribution < -0.4 is 4.72 Å². The van der Waals surface area contributed by atoms with E-state index in [1.807, 2.05) is 4.72 Å². The highest BCUT2D eigenvalue weighted by Crippen LogP contribution is 2.29. The van der Waals surface area contributed by atoms with Gasteiger partial charge in [-0.3, -0.25) is 4.72 Å². The van der Waals surface area contributed by atoms with Crippen LogP contribution in [-0.2, 0) is 14.8 Å². The zero-order chi connectivity index (χ0) is 11.2. The minimum absolute atomic E-state index is 0.355. The number of fused-ring (bicyclic) bond motifs is 1. The Kier molecular flexibility index (Phi) is 2.03. The summed E-state index contributed by atoms with van der Waals surface area (Å²) < 4.78 is 25.0. The van der Waals surface area contributed by atoms with Gasteiger partial charge < -0.3 is 15.1 Å². The molecule has 1 fully saturated rings. The van der Waals surface area contributed by atoms with Gasteiger partial charge in [0.2, 0.25) is 5.88 Å². The van der Waals surface area contributed by atoms with Crippen molar-refractivity contribution in [2.45, 2.75) is 18.2 Å². The van der Waals surface area contributed by atoms with E-state index in [-0.39, 0.29) is 0 Å². The van der Waals surface area contributed by atoms with Crippen molar-refractivity contribution in [2.24, 2.45) is 0 Å². The first kappa shape index (κ1) is 10.1. The summed E-state index contributed by atoms with van der Waals surface area (Å²) in [5.41, 5.74) is -0.673. The minimum atomic E-state index is -3.71. The van der Waals surface area contributed by atoms with E-state index in [0.29, 0.717) is 19.4 Å². The van der Waals surface area contributed by atoms with Gasteiger partial charge in [0.25, 0.3) is 10.0 Å². The second kappa shape index (κ2) is 3.02. The number of hydrogen-bond acceptors (Lipinski definition) is 5.